The van der Waals surface area contributed by atoms with E-state index in [-0.39, 0.29) is 55.0 Å². The number of nitro groups is 2. The zero-order valence-corrected chi connectivity index (χ0v) is 19.7. The van der Waals surface area contributed by atoms with E-state index in [1.807, 2.05) is 0 Å². The van der Waals surface area contributed by atoms with Gasteiger partial charge < -0.3 is 10.2 Å². The van der Waals surface area contributed by atoms with Crippen LogP contribution in [0, 0.1) is 20.2 Å². The number of nitrogens with zero attached hydrogens (tertiary/aromatic N) is 4. The molecule has 2 aromatic rings. The lowest BCUT2D eigenvalue weighted by Gasteiger charge is -2.25. The fraction of sp³-hybridized carbons (Fsp3) is 0.300. The van der Waals surface area contributed by atoms with E-state index in [1.54, 1.807) is 0 Å². The summed E-state index contributed by atoms with van der Waals surface area (Å²) in [6.07, 6.45) is 6.08. The van der Waals surface area contributed by atoms with Gasteiger partial charge in [0.2, 0.25) is 0 Å². The summed E-state index contributed by atoms with van der Waals surface area (Å²) >= 11 is 6.21. The Hall–Kier alpha value is -2.86. The molecule has 0 radical (unpaired) electrons. The van der Waals surface area contributed by atoms with Gasteiger partial charge in [-0.2, -0.15) is 0 Å². The van der Waals surface area contributed by atoms with Gasteiger partial charge in [0.25, 0.3) is 11.4 Å². The van der Waals surface area contributed by atoms with Gasteiger partial charge in [0.15, 0.2) is 0 Å². The number of nitro benzene ring substituents is 2. The number of phenolic OH excluding ortho intramolecular Hbond substituents is 2. The third-order valence-electron chi connectivity index (χ3n) is 5.08. The van der Waals surface area contributed by atoms with Crippen LogP contribution < -0.4 is 0 Å². The zero-order chi connectivity index (χ0) is 23.4. The number of hydrogen-bond donors (Lipinski definition) is 2. The molecule has 0 spiro atoms. The van der Waals surface area contributed by atoms with Crippen LogP contribution >= 0.6 is 31.9 Å². The Morgan fingerprint density at radius 2 is 1.19 bits per heavy atom. The van der Waals surface area contributed by atoms with Crippen molar-refractivity contribution in [3.05, 3.63) is 64.6 Å². The summed E-state index contributed by atoms with van der Waals surface area (Å²) in [6, 6.07) is 4.41. The topological polar surface area (TPSA) is 151 Å². The Bertz CT molecular complexity index is 1030. The second-order valence-electron chi connectivity index (χ2n) is 7.22. The summed E-state index contributed by atoms with van der Waals surface area (Å²) in [6.45, 7) is 0. The van der Waals surface area contributed by atoms with E-state index in [0.717, 1.165) is 25.7 Å². The van der Waals surface area contributed by atoms with Crippen LogP contribution in [-0.4, -0.2) is 44.6 Å². The summed E-state index contributed by atoms with van der Waals surface area (Å²) in [5.74, 6) is -0.303. The highest BCUT2D eigenvalue weighted by Crippen LogP contribution is 2.33. The molecule has 2 aromatic carbocycles. The zero-order valence-electron chi connectivity index (χ0n) is 16.5. The minimum atomic E-state index is -0.557. The molecule has 1 fully saturated rings. The smallest absolute Gasteiger partial charge is 0.271 e. The van der Waals surface area contributed by atoms with Crippen molar-refractivity contribution in [1.82, 2.24) is 0 Å². The molecule has 0 aliphatic heterocycles. The quantitative estimate of drug-likeness (QED) is 0.274. The molecule has 1 aliphatic carbocycles. The van der Waals surface area contributed by atoms with Gasteiger partial charge in [-0.1, -0.05) is 12.8 Å². The molecule has 0 bridgehead atoms. The maximum atomic E-state index is 11.1. The van der Waals surface area contributed by atoms with Gasteiger partial charge in [0.1, 0.15) is 11.5 Å². The molecule has 0 heterocycles. The first-order chi connectivity index (χ1) is 15.2. The summed E-state index contributed by atoms with van der Waals surface area (Å²) in [7, 11) is 0. The Kier molecular flexibility index (Phi) is 7.56. The van der Waals surface area contributed by atoms with E-state index in [1.165, 1.54) is 36.7 Å². The SMILES string of the molecule is O=[N+]([O-])c1cc(Br)c(O)c(C=N[C@@H]2CCCC[C@H]2N=Cc2cc([N+](=O)[O-])cc(Br)c2O)c1. The van der Waals surface area contributed by atoms with Crippen LogP contribution in [0.3, 0.4) is 0 Å². The first-order valence-electron chi connectivity index (χ1n) is 9.57. The molecular weight excluding hydrogens is 552 g/mol. The molecule has 2 N–H and O–H groups in total. The van der Waals surface area contributed by atoms with Crippen molar-refractivity contribution in [2.45, 2.75) is 37.8 Å². The minimum absolute atomic E-state index is 0.151. The molecule has 32 heavy (non-hydrogen) atoms. The van der Waals surface area contributed by atoms with E-state index in [9.17, 15) is 30.4 Å². The molecule has 0 amide bonds. The number of phenols is 2. The molecular formula is C20H18Br2N4O6. The monoisotopic (exact) mass is 568 g/mol. The van der Waals surface area contributed by atoms with E-state index in [4.69, 9.17) is 0 Å². The number of aromatic hydroxyl groups is 2. The van der Waals surface area contributed by atoms with Crippen LogP contribution in [0.15, 0.2) is 43.2 Å². The highest BCUT2D eigenvalue weighted by molar-refractivity contribution is 9.11. The van der Waals surface area contributed by atoms with Gasteiger partial charge in [0.05, 0.1) is 30.9 Å². The molecule has 2 atom stereocenters. The Morgan fingerprint density at radius 1 is 0.812 bits per heavy atom. The summed E-state index contributed by atoms with van der Waals surface area (Å²) in [4.78, 5) is 30.1. The first-order valence-corrected chi connectivity index (χ1v) is 11.2. The van der Waals surface area contributed by atoms with Gasteiger partial charge in [-0.15, -0.1) is 0 Å². The Morgan fingerprint density at radius 3 is 1.53 bits per heavy atom. The lowest BCUT2D eigenvalue weighted by atomic mass is 9.91. The van der Waals surface area contributed by atoms with Gasteiger partial charge >= 0.3 is 0 Å². The van der Waals surface area contributed by atoms with Gasteiger partial charge in [-0.05, 0) is 44.7 Å². The number of benzene rings is 2. The first kappa shape index (κ1) is 23.8. The highest BCUT2D eigenvalue weighted by Gasteiger charge is 2.24. The van der Waals surface area contributed by atoms with Crippen LogP contribution in [0.25, 0.3) is 0 Å². The average molecular weight is 570 g/mol. The molecule has 0 saturated heterocycles. The van der Waals surface area contributed by atoms with Crippen molar-refractivity contribution in [2.75, 3.05) is 0 Å². The fourth-order valence-corrected chi connectivity index (χ4v) is 4.34. The highest BCUT2D eigenvalue weighted by atomic mass is 79.9. The van der Waals surface area contributed by atoms with Crippen molar-refractivity contribution >= 4 is 55.7 Å². The third-order valence-corrected chi connectivity index (χ3v) is 6.29. The lowest BCUT2D eigenvalue weighted by molar-refractivity contribution is -0.385. The maximum Gasteiger partial charge on any atom is 0.271 e. The minimum Gasteiger partial charge on any atom is -0.506 e. The Labute approximate surface area is 199 Å². The fourth-order valence-electron chi connectivity index (χ4n) is 3.41. The van der Waals surface area contributed by atoms with E-state index in [2.05, 4.69) is 41.8 Å². The van der Waals surface area contributed by atoms with Gasteiger partial charge in [0, 0.05) is 47.8 Å². The molecule has 10 nitrogen and oxygen atoms in total. The largest absolute Gasteiger partial charge is 0.506 e. The van der Waals surface area contributed by atoms with E-state index in [0.29, 0.717) is 0 Å². The third kappa shape index (κ3) is 5.49. The van der Waals surface area contributed by atoms with Crippen molar-refractivity contribution in [2.24, 2.45) is 9.98 Å². The molecule has 1 saturated carbocycles. The summed E-state index contributed by atoms with van der Waals surface area (Å²) in [5.41, 5.74) is 0.0569. The number of hydrogen-bond acceptors (Lipinski definition) is 8. The molecule has 0 aromatic heterocycles. The normalized spacial score (nSPS) is 18.9. The van der Waals surface area contributed by atoms with Crippen LogP contribution in [0.4, 0.5) is 11.4 Å². The summed E-state index contributed by atoms with van der Waals surface area (Å²) in [5, 5.41) is 42.6. The van der Waals surface area contributed by atoms with Crippen LogP contribution in [0.5, 0.6) is 11.5 Å². The molecule has 12 heteroatoms. The molecule has 0 unspecified atom stereocenters. The van der Waals surface area contributed by atoms with E-state index < -0.39 is 9.85 Å². The van der Waals surface area contributed by atoms with Crippen LogP contribution in [0.1, 0.15) is 36.8 Å². The van der Waals surface area contributed by atoms with Crippen LogP contribution in [0.2, 0.25) is 0 Å². The van der Waals surface area contributed by atoms with E-state index >= 15 is 0 Å². The Balaban J connectivity index is 1.86. The van der Waals surface area contributed by atoms with Crippen LogP contribution in [-0.2, 0) is 0 Å². The second-order valence-corrected chi connectivity index (χ2v) is 8.93. The molecule has 168 valence electrons. The predicted molar refractivity (Wildman–Crippen MR) is 126 cm³/mol. The molecule has 3 rings (SSSR count). The van der Waals surface area contributed by atoms with Crippen molar-refractivity contribution in [3.63, 3.8) is 0 Å². The number of non-ortho nitro benzene ring substituents is 2. The average Bonchev–Trinajstić information content (AvgIpc) is 2.75. The second kappa shape index (κ2) is 10.2. The number of aliphatic imine (C=N–C) groups is 2. The van der Waals surface area contributed by atoms with Gasteiger partial charge in [-0.25, -0.2) is 0 Å². The van der Waals surface area contributed by atoms with Crippen molar-refractivity contribution in [1.29, 1.82) is 0 Å². The lowest BCUT2D eigenvalue weighted by Crippen LogP contribution is -2.27. The molecule has 1 aliphatic rings. The van der Waals surface area contributed by atoms with Crippen molar-refractivity contribution < 1.29 is 20.1 Å². The maximum absolute atomic E-state index is 11.1. The summed E-state index contributed by atoms with van der Waals surface area (Å²) < 4.78 is 0.385. The van der Waals surface area contributed by atoms with Crippen molar-refractivity contribution in [3.8, 4) is 11.5 Å². The predicted octanol–water partition coefficient (Wildman–Crippen LogP) is 5.29. The van der Waals surface area contributed by atoms with Gasteiger partial charge in [-0.3, -0.25) is 30.2 Å². The number of rotatable bonds is 6. The number of halogens is 2. The standard InChI is InChI=1S/C20H18Br2N4O6/c21-15-7-13(25(29)30)5-11(19(15)27)9-23-17-3-1-2-4-18(17)24-10-12-6-14(26(31)32)8-16(22)20(12)28/h5-10,17-18,27-28H,1-4H2/t17-,18-/m1/s1.